The van der Waals surface area contributed by atoms with Crippen LogP contribution in [0, 0.1) is 0 Å². The highest BCUT2D eigenvalue weighted by atomic mass is 32.2. The number of imidazole rings is 1. The first-order valence-corrected chi connectivity index (χ1v) is 14.2. The maximum absolute atomic E-state index is 12.6. The molecule has 0 amide bonds. The van der Waals surface area contributed by atoms with E-state index in [0.29, 0.717) is 16.4 Å². The Balaban J connectivity index is 1.75. The molecule has 1 N–H and O–H groups in total. The fraction of sp³-hybridized carbons (Fsp3) is 0.808. The van der Waals surface area contributed by atoms with Gasteiger partial charge in [-0.3, -0.25) is 14.3 Å². The van der Waals surface area contributed by atoms with Crippen molar-refractivity contribution in [1.82, 2.24) is 19.1 Å². The number of aromatic amines is 1. The lowest BCUT2D eigenvalue weighted by molar-refractivity contribution is 0.519. The third kappa shape index (κ3) is 8.99. The Morgan fingerprint density at radius 2 is 1.36 bits per heavy atom. The third-order valence-corrected chi connectivity index (χ3v) is 7.85. The van der Waals surface area contributed by atoms with Crippen molar-refractivity contribution in [3.63, 3.8) is 0 Å². The molecule has 2 aromatic rings. The van der Waals surface area contributed by atoms with Gasteiger partial charge in [0.15, 0.2) is 16.3 Å². The fourth-order valence-electron chi connectivity index (χ4n) is 4.24. The van der Waals surface area contributed by atoms with Crippen molar-refractivity contribution in [1.29, 1.82) is 0 Å². The average molecular weight is 479 g/mol. The van der Waals surface area contributed by atoms with E-state index in [1.165, 1.54) is 81.6 Å². The molecule has 33 heavy (non-hydrogen) atoms. The summed E-state index contributed by atoms with van der Waals surface area (Å²) in [7, 11) is 1.67. The predicted molar refractivity (Wildman–Crippen MR) is 142 cm³/mol. The highest BCUT2D eigenvalue weighted by molar-refractivity contribution is 7.99. The van der Waals surface area contributed by atoms with Crippen LogP contribution in [0.1, 0.15) is 117 Å². The van der Waals surface area contributed by atoms with E-state index < -0.39 is 5.69 Å². The van der Waals surface area contributed by atoms with Crippen LogP contribution in [0.3, 0.4) is 0 Å². The second-order valence-electron chi connectivity index (χ2n) is 9.47. The first-order valence-electron chi connectivity index (χ1n) is 13.4. The van der Waals surface area contributed by atoms with Gasteiger partial charge in [-0.2, -0.15) is 0 Å². The van der Waals surface area contributed by atoms with Gasteiger partial charge in [-0.05, 0) is 12.8 Å². The lowest BCUT2D eigenvalue weighted by Crippen LogP contribution is -2.29. The highest BCUT2D eigenvalue weighted by Crippen LogP contribution is 2.27. The second-order valence-corrected chi connectivity index (χ2v) is 10.9. The Kier molecular flexibility index (Phi) is 13.0. The number of hydrogen-bond donors (Lipinski definition) is 1. The quantitative estimate of drug-likeness (QED) is 0.189. The van der Waals surface area contributed by atoms with Gasteiger partial charge in [-0.15, -0.1) is 0 Å². The Morgan fingerprint density at radius 1 is 0.848 bits per heavy atom. The number of hydrogen-bond acceptors (Lipinski definition) is 4. The molecule has 7 heteroatoms. The Bertz CT molecular complexity index is 931. The molecule has 0 aliphatic rings. The molecule has 0 unspecified atom stereocenters. The van der Waals surface area contributed by atoms with Crippen LogP contribution in [-0.4, -0.2) is 24.4 Å². The summed E-state index contributed by atoms with van der Waals surface area (Å²) in [4.78, 5) is 31.7. The topological polar surface area (TPSA) is 72.7 Å². The average Bonchev–Trinajstić information content (AvgIpc) is 3.16. The fourth-order valence-corrected chi connectivity index (χ4v) is 5.22. The number of aromatic nitrogens is 4. The molecule has 0 aliphatic heterocycles. The van der Waals surface area contributed by atoms with Crippen molar-refractivity contribution in [3.8, 4) is 0 Å². The summed E-state index contributed by atoms with van der Waals surface area (Å²) in [6.07, 6.45) is 19.6. The van der Waals surface area contributed by atoms with Gasteiger partial charge in [-0.25, -0.2) is 9.78 Å². The van der Waals surface area contributed by atoms with E-state index >= 15 is 0 Å². The molecule has 0 spiro atoms. The summed E-state index contributed by atoms with van der Waals surface area (Å²) in [6, 6.07) is 0. The minimum atomic E-state index is -0.409. The predicted octanol–water partition coefficient (Wildman–Crippen LogP) is 6.80. The normalized spacial score (nSPS) is 12.6. The molecule has 2 rings (SSSR count). The molecule has 0 radical (unpaired) electrons. The van der Waals surface area contributed by atoms with Crippen molar-refractivity contribution in [2.45, 2.75) is 134 Å². The molecule has 2 aromatic heterocycles. The van der Waals surface area contributed by atoms with Crippen LogP contribution < -0.4 is 11.2 Å². The van der Waals surface area contributed by atoms with Crippen LogP contribution in [0.5, 0.6) is 0 Å². The summed E-state index contributed by atoms with van der Waals surface area (Å²) in [6.45, 7) is 7.37. The highest BCUT2D eigenvalue weighted by Gasteiger charge is 2.18. The maximum Gasteiger partial charge on any atom is 0.329 e. The SMILES string of the molecule is CCCCCCCCCCCCCCCCn1c(S[C@@H](C)CC)nc2c1c(=O)[nH]c(=O)n2C. The summed E-state index contributed by atoms with van der Waals surface area (Å²) >= 11 is 1.69. The van der Waals surface area contributed by atoms with Gasteiger partial charge in [0.2, 0.25) is 0 Å². The molecule has 188 valence electrons. The number of unbranched alkanes of at least 4 members (excludes halogenated alkanes) is 13. The molecule has 0 saturated heterocycles. The first kappa shape index (κ1) is 27.7. The smallest absolute Gasteiger partial charge is 0.313 e. The van der Waals surface area contributed by atoms with E-state index in [0.717, 1.165) is 31.0 Å². The number of nitrogens with zero attached hydrogens (tertiary/aromatic N) is 3. The second kappa shape index (κ2) is 15.4. The van der Waals surface area contributed by atoms with Crippen LogP contribution in [-0.2, 0) is 13.6 Å². The molecule has 1 atom stereocenters. The first-order chi connectivity index (χ1) is 16.0. The van der Waals surface area contributed by atoms with Crippen LogP contribution in [0.4, 0.5) is 0 Å². The lowest BCUT2D eigenvalue weighted by atomic mass is 10.0. The van der Waals surface area contributed by atoms with Gasteiger partial charge in [0.25, 0.3) is 5.56 Å². The largest absolute Gasteiger partial charge is 0.329 e. The molecule has 0 aromatic carbocycles. The van der Waals surface area contributed by atoms with E-state index in [9.17, 15) is 9.59 Å². The maximum atomic E-state index is 12.6. The van der Waals surface area contributed by atoms with E-state index in [4.69, 9.17) is 0 Å². The number of nitrogens with one attached hydrogen (secondary N) is 1. The van der Waals surface area contributed by atoms with Crippen LogP contribution in [0.15, 0.2) is 14.7 Å². The van der Waals surface area contributed by atoms with Crippen LogP contribution in [0.2, 0.25) is 0 Å². The molecule has 6 nitrogen and oxygen atoms in total. The van der Waals surface area contributed by atoms with Crippen molar-refractivity contribution in [2.75, 3.05) is 0 Å². The van der Waals surface area contributed by atoms with Gasteiger partial charge < -0.3 is 4.57 Å². The third-order valence-electron chi connectivity index (χ3n) is 6.59. The number of rotatable bonds is 18. The summed E-state index contributed by atoms with van der Waals surface area (Å²) in [5, 5.41) is 1.26. The van der Waals surface area contributed by atoms with E-state index in [2.05, 4.69) is 30.7 Å². The van der Waals surface area contributed by atoms with Gasteiger partial charge >= 0.3 is 5.69 Å². The molecule has 0 fully saturated rings. The van der Waals surface area contributed by atoms with Gasteiger partial charge in [0.05, 0.1) is 0 Å². The van der Waals surface area contributed by atoms with Crippen molar-refractivity contribution < 1.29 is 0 Å². The Hall–Kier alpha value is -1.50. The summed E-state index contributed by atoms with van der Waals surface area (Å²) < 4.78 is 3.48. The zero-order valence-electron chi connectivity index (χ0n) is 21.5. The Morgan fingerprint density at radius 3 is 1.88 bits per heavy atom. The molecule has 0 saturated carbocycles. The number of H-pyrrole nitrogens is 1. The van der Waals surface area contributed by atoms with Crippen LogP contribution in [0.25, 0.3) is 11.2 Å². The van der Waals surface area contributed by atoms with Crippen molar-refractivity contribution >= 4 is 22.9 Å². The number of thioether (sulfide) groups is 1. The van der Waals surface area contributed by atoms with Crippen molar-refractivity contribution in [2.24, 2.45) is 7.05 Å². The van der Waals surface area contributed by atoms with Crippen LogP contribution >= 0.6 is 11.8 Å². The van der Waals surface area contributed by atoms with Crippen molar-refractivity contribution in [3.05, 3.63) is 20.8 Å². The minimum absolute atomic E-state index is 0.332. The molecule has 0 aliphatic carbocycles. The monoisotopic (exact) mass is 478 g/mol. The van der Waals surface area contributed by atoms with E-state index in [-0.39, 0.29) is 5.56 Å². The van der Waals surface area contributed by atoms with Gasteiger partial charge in [0, 0.05) is 18.8 Å². The number of fused-ring (bicyclic) bond motifs is 1. The summed E-state index contributed by atoms with van der Waals surface area (Å²) in [5.41, 5.74) is 0.271. The minimum Gasteiger partial charge on any atom is -0.313 e. The molecular formula is C26H46N4O2S. The van der Waals surface area contributed by atoms with E-state index in [1.807, 2.05) is 4.57 Å². The molecule has 0 bridgehead atoms. The summed E-state index contributed by atoms with van der Waals surface area (Å²) in [5.74, 6) is 0. The molecular weight excluding hydrogens is 432 g/mol. The lowest BCUT2D eigenvalue weighted by Gasteiger charge is -2.11. The zero-order valence-corrected chi connectivity index (χ0v) is 22.3. The number of aryl methyl sites for hydroxylation is 2. The zero-order chi connectivity index (χ0) is 24.1. The molecule has 2 heterocycles. The van der Waals surface area contributed by atoms with Gasteiger partial charge in [0.1, 0.15) is 0 Å². The Labute approximate surface area is 204 Å². The van der Waals surface area contributed by atoms with E-state index in [1.54, 1.807) is 18.8 Å². The van der Waals surface area contributed by atoms with Gasteiger partial charge in [-0.1, -0.05) is 116 Å². The standard InChI is InChI=1S/C26H46N4O2S/c1-5-7-8-9-10-11-12-13-14-15-16-17-18-19-20-30-22-23(27-26(30)33-21(3)6-2)29(4)25(32)28-24(22)31/h21H,5-20H2,1-4H3,(H,28,31,32)/t21-/m0/s1.